The van der Waals surface area contributed by atoms with Crippen LogP contribution in [0.25, 0.3) is 5.69 Å². The van der Waals surface area contributed by atoms with E-state index in [0.717, 1.165) is 12.1 Å². The highest BCUT2D eigenvalue weighted by Gasteiger charge is 2.11. The first-order valence-electron chi connectivity index (χ1n) is 6.90. The Morgan fingerprint density at radius 2 is 2.19 bits per heavy atom. The molecule has 21 heavy (non-hydrogen) atoms. The quantitative estimate of drug-likeness (QED) is 0.652. The molecule has 0 fully saturated rings. The van der Waals surface area contributed by atoms with Gasteiger partial charge in [0.1, 0.15) is 5.75 Å². The van der Waals surface area contributed by atoms with E-state index < -0.39 is 0 Å². The van der Waals surface area contributed by atoms with Crippen LogP contribution in [0.1, 0.15) is 30.6 Å². The second-order valence-electron chi connectivity index (χ2n) is 4.46. The van der Waals surface area contributed by atoms with Gasteiger partial charge in [0.05, 0.1) is 36.3 Å². The molecule has 2 N–H and O–H groups in total. The number of benzene rings is 1. The van der Waals surface area contributed by atoms with Crippen LogP contribution in [0, 0.1) is 0 Å². The van der Waals surface area contributed by atoms with Crippen molar-refractivity contribution in [2.75, 3.05) is 18.9 Å². The smallest absolute Gasteiger partial charge is 0.341 e. The van der Waals surface area contributed by atoms with E-state index in [-0.39, 0.29) is 5.97 Å². The fourth-order valence-corrected chi connectivity index (χ4v) is 1.79. The van der Waals surface area contributed by atoms with Crippen molar-refractivity contribution in [1.29, 1.82) is 0 Å². The van der Waals surface area contributed by atoms with E-state index in [4.69, 9.17) is 15.2 Å². The minimum atomic E-state index is -0.387. The molecular weight excluding hydrogens is 270 g/mol. The Morgan fingerprint density at radius 3 is 2.90 bits per heavy atom. The minimum Gasteiger partial charge on any atom is -0.491 e. The number of hydrogen-bond donors (Lipinski definition) is 1. The Morgan fingerprint density at radius 1 is 1.38 bits per heavy atom. The number of esters is 1. The summed E-state index contributed by atoms with van der Waals surface area (Å²) >= 11 is 0. The zero-order chi connectivity index (χ0) is 15.2. The van der Waals surface area contributed by atoms with Crippen molar-refractivity contribution in [3.05, 3.63) is 36.2 Å². The van der Waals surface area contributed by atoms with Crippen molar-refractivity contribution < 1.29 is 14.3 Å². The zero-order valence-corrected chi connectivity index (χ0v) is 12.2. The van der Waals surface area contributed by atoms with Gasteiger partial charge in [-0.3, -0.25) is 0 Å². The van der Waals surface area contributed by atoms with Crippen LogP contribution in [-0.4, -0.2) is 29.0 Å². The molecule has 0 bridgehead atoms. The van der Waals surface area contributed by atoms with Crippen molar-refractivity contribution in [3.63, 3.8) is 0 Å². The highest BCUT2D eigenvalue weighted by atomic mass is 16.5. The monoisotopic (exact) mass is 289 g/mol. The molecule has 0 aliphatic carbocycles. The SMILES string of the molecule is CCCOc1cc(-n2cc(C(=O)OCC)cn2)ccc1N. The van der Waals surface area contributed by atoms with Gasteiger partial charge in [0.2, 0.25) is 0 Å². The maximum atomic E-state index is 11.6. The number of carbonyl (C=O) groups is 1. The molecule has 1 heterocycles. The second-order valence-corrected chi connectivity index (χ2v) is 4.46. The average Bonchev–Trinajstić information content (AvgIpc) is 2.96. The number of nitrogen functional groups attached to an aromatic ring is 1. The third-order valence-corrected chi connectivity index (χ3v) is 2.82. The van der Waals surface area contributed by atoms with Gasteiger partial charge in [0, 0.05) is 12.3 Å². The van der Waals surface area contributed by atoms with Crippen molar-refractivity contribution in [2.24, 2.45) is 0 Å². The topological polar surface area (TPSA) is 79.4 Å². The second kappa shape index (κ2) is 6.78. The molecule has 0 aliphatic rings. The van der Waals surface area contributed by atoms with Gasteiger partial charge >= 0.3 is 5.97 Å². The number of nitrogens with zero attached hydrogens (tertiary/aromatic N) is 2. The van der Waals surface area contributed by atoms with Crippen molar-refractivity contribution in [2.45, 2.75) is 20.3 Å². The summed E-state index contributed by atoms with van der Waals surface area (Å²) in [4.78, 5) is 11.6. The summed E-state index contributed by atoms with van der Waals surface area (Å²) in [5.41, 5.74) is 7.62. The number of aromatic nitrogens is 2. The van der Waals surface area contributed by atoms with E-state index >= 15 is 0 Å². The summed E-state index contributed by atoms with van der Waals surface area (Å²) in [6.07, 6.45) is 3.99. The Bertz CT molecular complexity index is 622. The number of nitrogens with two attached hydrogens (primary N) is 1. The lowest BCUT2D eigenvalue weighted by atomic mass is 10.2. The van der Waals surface area contributed by atoms with Gasteiger partial charge in [-0.2, -0.15) is 5.10 Å². The molecular formula is C15H19N3O3. The summed E-state index contributed by atoms with van der Waals surface area (Å²) in [6, 6.07) is 5.37. The molecule has 1 aromatic carbocycles. The fraction of sp³-hybridized carbons (Fsp3) is 0.333. The van der Waals surface area contributed by atoms with E-state index in [1.807, 2.05) is 13.0 Å². The third-order valence-electron chi connectivity index (χ3n) is 2.82. The van der Waals surface area contributed by atoms with Gasteiger partial charge in [-0.15, -0.1) is 0 Å². The zero-order valence-electron chi connectivity index (χ0n) is 12.2. The molecule has 1 aromatic heterocycles. The van der Waals surface area contributed by atoms with Gasteiger partial charge in [-0.25, -0.2) is 9.48 Å². The first-order chi connectivity index (χ1) is 10.2. The van der Waals surface area contributed by atoms with Gasteiger partial charge in [0.15, 0.2) is 0 Å². The van der Waals surface area contributed by atoms with Crippen LogP contribution >= 0.6 is 0 Å². The van der Waals surface area contributed by atoms with Crippen molar-refractivity contribution in [1.82, 2.24) is 9.78 Å². The van der Waals surface area contributed by atoms with Crippen LogP contribution < -0.4 is 10.5 Å². The van der Waals surface area contributed by atoms with Crippen LogP contribution in [-0.2, 0) is 4.74 Å². The molecule has 0 amide bonds. The molecule has 0 saturated carbocycles. The molecule has 0 spiro atoms. The average molecular weight is 289 g/mol. The number of hydrogen-bond acceptors (Lipinski definition) is 5. The van der Waals surface area contributed by atoms with Crippen LogP contribution in [0.15, 0.2) is 30.6 Å². The number of rotatable bonds is 6. The Labute approximate surface area is 123 Å². The van der Waals surface area contributed by atoms with E-state index in [0.29, 0.717) is 30.2 Å². The van der Waals surface area contributed by atoms with Gasteiger partial charge in [-0.1, -0.05) is 6.92 Å². The van der Waals surface area contributed by atoms with E-state index in [2.05, 4.69) is 5.10 Å². The number of ether oxygens (including phenoxy) is 2. The lowest BCUT2D eigenvalue weighted by Crippen LogP contribution is -2.03. The van der Waals surface area contributed by atoms with Crippen molar-refractivity contribution in [3.8, 4) is 11.4 Å². The largest absolute Gasteiger partial charge is 0.491 e. The van der Waals surface area contributed by atoms with E-state index in [9.17, 15) is 4.79 Å². The molecule has 0 atom stereocenters. The van der Waals surface area contributed by atoms with Crippen LogP contribution in [0.3, 0.4) is 0 Å². The molecule has 0 aliphatic heterocycles. The van der Waals surface area contributed by atoms with Gasteiger partial charge < -0.3 is 15.2 Å². The fourth-order valence-electron chi connectivity index (χ4n) is 1.79. The maximum absolute atomic E-state index is 11.6. The summed E-state index contributed by atoms with van der Waals surface area (Å²) in [5.74, 6) is 0.226. The Hall–Kier alpha value is -2.50. The predicted octanol–water partition coefficient (Wildman–Crippen LogP) is 2.42. The third kappa shape index (κ3) is 3.53. The van der Waals surface area contributed by atoms with Crippen LogP contribution in [0.4, 0.5) is 5.69 Å². The first kappa shape index (κ1) is 14.9. The van der Waals surface area contributed by atoms with Crippen molar-refractivity contribution >= 4 is 11.7 Å². The maximum Gasteiger partial charge on any atom is 0.341 e. The molecule has 0 saturated heterocycles. The lowest BCUT2D eigenvalue weighted by molar-refractivity contribution is 0.0526. The first-order valence-corrected chi connectivity index (χ1v) is 6.90. The molecule has 2 aromatic rings. The summed E-state index contributed by atoms with van der Waals surface area (Å²) in [5, 5.41) is 4.16. The van der Waals surface area contributed by atoms with Gasteiger partial charge in [-0.05, 0) is 25.5 Å². The Kier molecular flexibility index (Phi) is 4.81. The van der Waals surface area contributed by atoms with Crippen LogP contribution in [0.5, 0.6) is 5.75 Å². The highest BCUT2D eigenvalue weighted by Crippen LogP contribution is 2.25. The predicted molar refractivity (Wildman–Crippen MR) is 79.7 cm³/mol. The van der Waals surface area contributed by atoms with Gasteiger partial charge in [0.25, 0.3) is 0 Å². The highest BCUT2D eigenvalue weighted by molar-refractivity contribution is 5.88. The van der Waals surface area contributed by atoms with E-state index in [1.165, 1.54) is 6.20 Å². The molecule has 2 rings (SSSR count). The lowest BCUT2D eigenvalue weighted by Gasteiger charge is -2.10. The molecule has 6 heteroatoms. The summed E-state index contributed by atoms with van der Waals surface area (Å²) < 4.78 is 12.1. The van der Waals surface area contributed by atoms with Crippen LogP contribution in [0.2, 0.25) is 0 Å². The van der Waals surface area contributed by atoms with E-state index in [1.54, 1.807) is 29.9 Å². The summed E-state index contributed by atoms with van der Waals surface area (Å²) in [7, 11) is 0. The minimum absolute atomic E-state index is 0.334. The molecule has 0 radical (unpaired) electrons. The summed E-state index contributed by atoms with van der Waals surface area (Å²) in [6.45, 7) is 4.72. The normalized spacial score (nSPS) is 10.4. The number of carbonyl (C=O) groups excluding carboxylic acids is 1. The Balaban J connectivity index is 2.23. The molecule has 0 unspecified atom stereocenters. The number of anilines is 1. The molecule has 112 valence electrons. The standard InChI is InChI=1S/C15H19N3O3/c1-3-7-21-14-8-12(5-6-13(14)16)18-10-11(9-17-18)15(19)20-4-2/h5-6,8-10H,3-4,7,16H2,1-2H3. The molecule has 6 nitrogen and oxygen atoms in total.